The molecular formula is C20H27N5O2. The molecule has 0 spiro atoms. The van der Waals surface area contributed by atoms with Gasteiger partial charge in [0.25, 0.3) is 0 Å². The van der Waals surface area contributed by atoms with E-state index in [0.717, 1.165) is 22.4 Å². The zero-order valence-electron chi connectivity index (χ0n) is 16.5. The second kappa shape index (κ2) is 10.9. The van der Waals surface area contributed by atoms with Crippen molar-refractivity contribution in [2.24, 2.45) is 0 Å². The summed E-state index contributed by atoms with van der Waals surface area (Å²) in [6.07, 6.45) is 0.431. The largest absolute Gasteiger partial charge is 0.340 e. The Morgan fingerprint density at radius 3 is 2.00 bits per heavy atom. The molecule has 0 radical (unpaired) electrons. The third-order valence-corrected chi connectivity index (χ3v) is 4.10. The zero-order chi connectivity index (χ0) is 20.4. The Kier molecular flexibility index (Phi) is 8.98. The maximum atomic E-state index is 12.4. The average molecular weight is 369 g/mol. The number of benzene rings is 1. The highest BCUT2D eigenvalue weighted by Gasteiger charge is 2.17. The van der Waals surface area contributed by atoms with Crippen molar-refractivity contribution in [3.05, 3.63) is 28.8 Å². The Hall–Kier alpha value is -2.90. The number of aryl methyl sites for hydroxylation is 3. The van der Waals surface area contributed by atoms with Crippen LogP contribution >= 0.6 is 0 Å². The molecule has 1 rings (SSSR count). The van der Waals surface area contributed by atoms with Crippen molar-refractivity contribution >= 4 is 17.5 Å². The quantitative estimate of drug-likeness (QED) is 0.719. The van der Waals surface area contributed by atoms with Gasteiger partial charge in [-0.25, -0.2) is 0 Å². The fraction of sp³-hybridized carbons (Fsp3) is 0.500. The van der Waals surface area contributed by atoms with Crippen LogP contribution in [0.5, 0.6) is 0 Å². The SMILES string of the molecule is Cc1cc(C)c(NC(=O)CN(C)CC(=O)N(CCC#N)CCC#N)c(C)c1. The Bertz CT molecular complexity index is 720. The van der Waals surface area contributed by atoms with Crippen LogP contribution in [0.3, 0.4) is 0 Å². The fourth-order valence-electron chi connectivity index (χ4n) is 2.92. The van der Waals surface area contributed by atoms with Crippen LogP contribution in [0, 0.1) is 43.4 Å². The Morgan fingerprint density at radius 2 is 1.52 bits per heavy atom. The molecule has 144 valence electrons. The van der Waals surface area contributed by atoms with E-state index in [1.807, 2.05) is 45.0 Å². The monoisotopic (exact) mass is 369 g/mol. The maximum Gasteiger partial charge on any atom is 0.238 e. The van der Waals surface area contributed by atoms with Crippen molar-refractivity contribution in [1.82, 2.24) is 9.80 Å². The molecule has 1 aromatic carbocycles. The number of hydrogen-bond acceptors (Lipinski definition) is 5. The van der Waals surface area contributed by atoms with E-state index in [2.05, 4.69) is 5.32 Å². The summed E-state index contributed by atoms with van der Waals surface area (Å²) < 4.78 is 0. The van der Waals surface area contributed by atoms with Crippen molar-refractivity contribution in [3.63, 3.8) is 0 Å². The van der Waals surface area contributed by atoms with E-state index in [9.17, 15) is 9.59 Å². The summed E-state index contributed by atoms with van der Waals surface area (Å²) in [7, 11) is 1.69. The summed E-state index contributed by atoms with van der Waals surface area (Å²) in [6, 6.07) is 8.03. The highest BCUT2D eigenvalue weighted by atomic mass is 16.2. The topological polar surface area (TPSA) is 100 Å². The lowest BCUT2D eigenvalue weighted by Crippen LogP contribution is -2.42. The molecule has 27 heavy (non-hydrogen) atoms. The molecule has 0 aromatic heterocycles. The summed E-state index contributed by atoms with van der Waals surface area (Å²) in [5, 5.41) is 20.3. The van der Waals surface area contributed by atoms with Gasteiger partial charge in [-0.1, -0.05) is 17.7 Å². The minimum Gasteiger partial charge on any atom is -0.340 e. The highest BCUT2D eigenvalue weighted by Crippen LogP contribution is 2.21. The van der Waals surface area contributed by atoms with Crippen LogP contribution in [0.4, 0.5) is 5.69 Å². The predicted octanol–water partition coefficient (Wildman–Crippen LogP) is 2.14. The number of amides is 2. The van der Waals surface area contributed by atoms with Crippen molar-refractivity contribution in [2.75, 3.05) is 38.5 Å². The summed E-state index contributed by atoms with van der Waals surface area (Å²) in [5.41, 5.74) is 3.94. The molecule has 0 unspecified atom stereocenters. The van der Waals surface area contributed by atoms with Gasteiger partial charge in [0.15, 0.2) is 0 Å². The van der Waals surface area contributed by atoms with Gasteiger partial charge in [-0.2, -0.15) is 10.5 Å². The number of nitrogens with one attached hydrogen (secondary N) is 1. The van der Waals surface area contributed by atoms with Crippen molar-refractivity contribution in [2.45, 2.75) is 33.6 Å². The number of carbonyl (C=O) groups is 2. The Balaban J connectivity index is 2.63. The number of nitriles is 2. The maximum absolute atomic E-state index is 12.4. The molecule has 2 amide bonds. The van der Waals surface area contributed by atoms with Gasteiger partial charge in [-0.05, 0) is 38.9 Å². The predicted molar refractivity (Wildman–Crippen MR) is 104 cm³/mol. The minimum atomic E-state index is -0.196. The summed E-state index contributed by atoms with van der Waals surface area (Å²) in [5.74, 6) is -0.389. The molecule has 0 saturated heterocycles. The van der Waals surface area contributed by atoms with Crippen molar-refractivity contribution in [1.29, 1.82) is 10.5 Å². The first-order valence-electron chi connectivity index (χ1n) is 8.86. The number of anilines is 1. The molecule has 0 saturated carbocycles. The molecule has 1 N–H and O–H groups in total. The lowest BCUT2D eigenvalue weighted by Gasteiger charge is -2.24. The average Bonchev–Trinajstić information content (AvgIpc) is 2.57. The summed E-state index contributed by atoms with van der Waals surface area (Å²) >= 11 is 0. The smallest absolute Gasteiger partial charge is 0.238 e. The van der Waals surface area contributed by atoms with E-state index in [4.69, 9.17) is 10.5 Å². The third-order valence-electron chi connectivity index (χ3n) is 4.10. The molecule has 0 fully saturated rings. The summed E-state index contributed by atoms with van der Waals surface area (Å²) in [6.45, 7) is 6.61. The molecule has 7 nitrogen and oxygen atoms in total. The summed E-state index contributed by atoms with van der Waals surface area (Å²) in [4.78, 5) is 27.9. The minimum absolute atomic E-state index is 0.0517. The first-order valence-corrected chi connectivity index (χ1v) is 8.86. The van der Waals surface area contributed by atoms with Gasteiger partial charge in [0.05, 0.1) is 38.1 Å². The van der Waals surface area contributed by atoms with Crippen LogP contribution < -0.4 is 5.32 Å². The lowest BCUT2D eigenvalue weighted by molar-refractivity contribution is -0.132. The van der Waals surface area contributed by atoms with Crippen LogP contribution in [-0.2, 0) is 9.59 Å². The first kappa shape index (κ1) is 22.1. The van der Waals surface area contributed by atoms with Crippen LogP contribution in [0.25, 0.3) is 0 Å². The van der Waals surface area contributed by atoms with E-state index >= 15 is 0 Å². The van der Waals surface area contributed by atoms with Gasteiger partial charge in [0.2, 0.25) is 11.8 Å². The second-order valence-electron chi connectivity index (χ2n) is 6.69. The van der Waals surface area contributed by atoms with Gasteiger partial charge in [-0.15, -0.1) is 0 Å². The zero-order valence-corrected chi connectivity index (χ0v) is 16.5. The standard InChI is InChI=1S/C20H27N5O2/c1-15-11-16(2)20(17(3)12-15)23-18(26)13-24(4)14-19(27)25(9-5-7-21)10-6-8-22/h11-12H,5-6,9-10,13-14H2,1-4H3,(H,23,26). The number of rotatable bonds is 9. The van der Waals surface area contributed by atoms with Crippen LogP contribution in [0.1, 0.15) is 29.5 Å². The number of hydrogen-bond donors (Lipinski definition) is 1. The third kappa shape index (κ3) is 7.47. The van der Waals surface area contributed by atoms with E-state index in [0.29, 0.717) is 13.1 Å². The molecular weight excluding hydrogens is 342 g/mol. The first-order chi connectivity index (χ1) is 12.8. The molecule has 0 aliphatic rings. The fourth-order valence-corrected chi connectivity index (χ4v) is 2.92. The van der Waals surface area contributed by atoms with Crippen LogP contribution in [-0.4, -0.2) is 54.8 Å². The molecule has 0 heterocycles. The highest BCUT2D eigenvalue weighted by molar-refractivity contribution is 5.94. The normalized spacial score (nSPS) is 10.2. The number of likely N-dealkylation sites (N-methyl/N-ethyl adjacent to an activating group) is 1. The molecule has 0 aliphatic carbocycles. The van der Waals surface area contributed by atoms with E-state index in [1.54, 1.807) is 11.9 Å². The van der Waals surface area contributed by atoms with Gasteiger partial charge in [0, 0.05) is 18.8 Å². The number of carbonyl (C=O) groups excluding carboxylic acids is 2. The second-order valence-corrected chi connectivity index (χ2v) is 6.69. The number of nitrogens with zero attached hydrogens (tertiary/aromatic N) is 4. The Morgan fingerprint density at radius 1 is 1.00 bits per heavy atom. The van der Waals surface area contributed by atoms with Crippen molar-refractivity contribution in [3.8, 4) is 12.1 Å². The van der Waals surface area contributed by atoms with E-state index < -0.39 is 0 Å². The molecule has 0 bridgehead atoms. The van der Waals surface area contributed by atoms with E-state index in [-0.39, 0.29) is 37.7 Å². The van der Waals surface area contributed by atoms with Crippen molar-refractivity contribution < 1.29 is 9.59 Å². The molecule has 0 aliphatic heterocycles. The van der Waals surface area contributed by atoms with Gasteiger partial charge in [-0.3, -0.25) is 14.5 Å². The van der Waals surface area contributed by atoms with Gasteiger partial charge in [0.1, 0.15) is 0 Å². The van der Waals surface area contributed by atoms with Gasteiger partial charge >= 0.3 is 0 Å². The van der Waals surface area contributed by atoms with Gasteiger partial charge < -0.3 is 10.2 Å². The molecule has 1 aromatic rings. The Labute approximate surface area is 161 Å². The van der Waals surface area contributed by atoms with E-state index in [1.165, 1.54) is 4.90 Å². The molecule has 7 heteroatoms. The molecule has 0 atom stereocenters. The lowest BCUT2D eigenvalue weighted by atomic mass is 10.1. The van der Waals surface area contributed by atoms with Crippen LogP contribution in [0.2, 0.25) is 0 Å². The van der Waals surface area contributed by atoms with Crippen LogP contribution in [0.15, 0.2) is 12.1 Å².